The Morgan fingerprint density at radius 1 is 1.16 bits per heavy atom. The van der Waals surface area contributed by atoms with Gasteiger partial charge < -0.3 is 9.47 Å². The van der Waals surface area contributed by atoms with Gasteiger partial charge in [0.1, 0.15) is 29.2 Å². The standard InChI is InChI=1S/C25H23N5O2/c1-15-9-17-14-29-30(19-7-8-27-16(2)10-19)21(17)11-23(15)32-22-6-4-5-20-24(22)28-13-18(12-26)25(20)31-3/h7-11,13-14,22H,4-6H2,1-3H3. The van der Waals surface area contributed by atoms with E-state index in [1.54, 1.807) is 19.5 Å². The van der Waals surface area contributed by atoms with Crippen molar-refractivity contribution in [2.75, 3.05) is 7.11 Å². The Bertz CT molecular complexity index is 1370. The first-order valence-corrected chi connectivity index (χ1v) is 10.6. The van der Waals surface area contributed by atoms with E-state index in [0.29, 0.717) is 11.3 Å². The fourth-order valence-electron chi connectivity index (χ4n) is 4.41. The Balaban J connectivity index is 1.55. The summed E-state index contributed by atoms with van der Waals surface area (Å²) in [7, 11) is 1.60. The summed E-state index contributed by atoms with van der Waals surface area (Å²) in [6.07, 6.45) is 7.67. The molecule has 0 saturated heterocycles. The summed E-state index contributed by atoms with van der Waals surface area (Å²) in [6, 6.07) is 10.3. The van der Waals surface area contributed by atoms with E-state index in [1.165, 1.54) is 0 Å². The summed E-state index contributed by atoms with van der Waals surface area (Å²) in [4.78, 5) is 8.86. The van der Waals surface area contributed by atoms with E-state index in [4.69, 9.17) is 9.47 Å². The molecule has 0 saturated carbocycles. The number of fused-ring (bicyclic) bond motifs is 2. The van der Waals surface area contributed by atoms with Gasteiger partial charge >= 0.3 is 0 Å². The Morgan fingerprint density at radius 3 is 2.81 bits per heavy atom. The van der Waals surface area contributed by atoms with Crippen molar-refractivity contribution in [1.82, 2.24) is 19.7 Å². The molecule has 0 N–H and O–H groups in total. The van der Waals surface area contributed by atoms with E-state index < -0.39 is 0 Å². The lowest BCUT2D eigenvalue weighted by molar-refractivity contribution is 0.176. The van der Waals surface area contributed by atoms with Gasteiger partial charge in [0.2, 0.25) is 0 Å². The van der Waals surface area contributed by atoms with Gasteiger partial charge in [-0.05, 0) is 56.9 Å². The number of methoxy groups -OCH3 is 1. The van der Waals surface area contributed by atoms with E-state index in [0.717, 1.165) is 64.1 Å². The highest BCUT2D eigenvalue weighted by atomic mass is 16.5. The maximum Gasteiger partial charge on any atom is 0.143 e. The molecule has 4 aromatic rings. The van der Waals surface area contributed by atoms with Crippen molar-refractivity contribution < 1.29 is 9.47 Å². The van der Waals surface area contributed by atoms with Gasteiger partial charge in [-0.3, -0.25) is 9.97 Å². The van der Waals surface area contributed by atoms with Crippen LogP contribution in [0, 0.1) is 25.2 Å². The van der Waals surface area contributed by atoms with Crippen molar-refractivity contribution in [2.24, 2.45) is 0 Å². The monoisotopic (exact) mass is 425 g/mol. The highest BCUT2D eigenvalue weighted by Gasteiger charge is 2.28. The molecule has 1 aromatic carbocycles. The second-order valence-electron chi connectivity index (χ2n) is 8.07. The number of rotatable bonds is 4. The molecular formula is C25H23N5O2. The Hall–Kier alpha value is -3.92. The number of nitrogens with zero attached hydrogens (tertiary/aromatic N) is 5. The SMILES string of the molecule is COc1c(C#N)cnc2c1CCCC2Oc1cc2c(cnn2-c2ccnc(C)c2)cc1C. The molecule has 0 radical (unpaired) electrons. The van der Waals surface area contributed by atoms with Crippen LogP contribution >= 0.6 is 0 Å². The van der Waals surface area contributed by atoms with Crippen molar-refractivity contribution in [3.8, 4) is 23.3 Å². The normalized spacial score (nSPS) is 15.2. The zero-order chi connectivity index (χ0) is 22.2. The van der Waals surface area contributed by atoms with Gasteiger partial charge in [-0.1, -0.05) is 0 Å². The van der Waals surface area contributed by atoms with Gasteiger partial charge in [-0.25, -0.2) is 4.68 Å². The third-order valence-electron chi connectivity index (χ3n) is 5.94. The molecule has 5 rings (SSSR count). The molecule has 1 unspecified atom stereocenters. The molecule has 0 aliphatic heterocycles. The third-order valence-corrected chi connectivity index (χ3v) is 5.94. The summed E-state index contributed by atoms with van der Waals surface area (Å²) in [5.41, 5.74) is 6.18. The van der Waals surface area contributed by atoms with E-state index in [2.05, 4.69) is 27.2 Å². The number of aryl methyl sites for hydroxylation is 2. The molecule has 0 fully saturated rings. The first-order valence-electron chi connectivity index (χ1n) is 10.6. The summed E-state index contributed by atoms with van der Waals surface area (Å²) in [5, 5.41) is 15.0. The average molecular weight is 425 g/mol. The largest absolute Gasteiger partial charge is 0.495 e. The second kappa shape index (κ2) is 7.97. The highest BCUT2D eigenvalue weighted by molar-refractivity contribution is 5.83. The van der Waals surface area contributed by atoms with Crippen LogP contribution < -0.4 is 9.47 Å². The Kier molecular flexibility index (Phi) is 4.98. The second-order valence-corrected chi connectivity index (χ2v) is 8.07. The highest BCUT2D eigenvalue weighted by Crippen LogP contribution is 2.39. The number of ether oxygens (including phenoxy) is 2. The summed E-state index contributed by atoms with van der Waals surface area (Å²) in [6.45, 7) is 4.01. The zero-order valence-corrected chi connectivity index (χ0v) is 18.3. The first kappa shape index (κ1) is 20.0. The van der Waals surface area contributed by atoms with Gasteiger partial charge in [0, 0.05) is 35.1 Å². The van der Waals surface area contributed by atoms with Crippen LogP contribution in [-0.2, 0) is 6.42 Å². The fourth-order valence-corrected chi connectivity index (χ4v) is 4.41. The van der Waals surface area contributed by atoms with Crippen LogP contribution in [0.15, 0.2) is 42.9 Å². The van der Waals surface area contributed by atoms with Gasteiger partial charge in [0.25, 0.3) is 0 Å². The third kappa shape index (κ3) is 3.34. The van der Waals surface area contributed by atoms with Crippen LogP contribution in [0.25, 0.3) is 16.6 Å². The molecule has 32 heavy (non-hydrogen) atoms. The molecule has 0 bridgehead atoms. The maximum absolute atomic E-state index is 9.39. The smallest absolute Gasteiger partial charge is 0.143 e. The molecule has 7 heteroatoms. The minimum atomic E-state index is -0.198. The average Bonchev–Trinajstić information content (AvgIpc) is 3.21. The van der Waals surface area contributed by atoms with Crippen LogP contribution in [-0.4, -0.2) is 26.9 Å². The maximum atomic E-state index is 9.39. The van der Waals surface area contributed by atoms with Gasteiger partial charge in [0.05, 0.1) is 30.2 Å². The molecule has 3 heterocycles. The molecule has 1 atom stereocenters. The van der Waals surface area contributed by atoms with Crippen LogP contribution in [0.5, 0.6) is 11.5 Å². The van der Waals surface area contributed by atoms with Gasteiger partial charge in [-0.15, -0.1) is 0 Å². The van der Waals surface area contributed by atoms with E-state index >= 15 is 0 Å². The minimum Gasteiger partial charge on any atom is -0.495 e. The summed E-state index contributed by atoms with van der Waals surface area (Å²) in [5.74, 6) is 1.41. The van der Waals surface area contributed by atoms with Crippen LogP contribution in [0.1, 0.15) is 47.0 Å². The predicted octanol–water partition coefficient (Wildman–Crippen LogP) is 4.77. The number of hydrogen-bond acceptors (Lipinski definition) is 6. The summed E-state index contributed by atoms with van der Waals surface area (Å²) >= 11 is 0. The number of nitriles is 1. The summed E-state index contributed by atoms with van der Waals surface area (Å²) < 4.78 is 14.0. The van der Waals surface area contributed by atoms with Crippen molar-refractivity contribution >= 4 is 10.9 Å². The van der Waals surface area contributed by atoms with E-state index in [9.17, 15) is 5.26 Å². The zero-order valence-electron chi connectivity index (χ0n) is 18.3. The number of aromatic nitrogens is 4. The molecule has 1 aliphatic carbocycles. The molecular weight excluding hydrogens is 402 g/mol. The molecule has 7 nitrogen and oxygen atoms in total. The van der Waals surface area contributed by atoms with E-state index in [-0.39, 0.29) is 6.10 Å². The quantitative estimate of drug-likeness (QED) is 0.468. The lowest BCUT2D eigenvalue weighted by atomic mass is 9.91. The Labute approximate surface area is 186 Å². The van der Waals surface area contributed by atoms with Crippen molar-refractivity contribution in [3.63, 3.8) is 0 Å². The fraction of sp³-hybridized carbons (Fsp3) is 0.280. The molecule has 160 valence electrons. The van der Waals surface area contributed by atoms with Crippen molar-refractivity contribution in [2.45, 2.75) is 39.2 Å². The molecule has 0 amide bonds. The van der Waals surface area contributed by atoms with Crippen LogP contribution in [0.2, 0.25) is 0 Å². The Morgan fingerprint density at radius 2 is 2.03 bits per heavy atom. The predicted molar refractivity (Wildman–Crippen MR) is 120 cm³/mol. The molecule has 1 aliphatic rings. The number of pyridine rings is 2. The molecule has 0 spiro atoms. The number of hydrogen-bond donors (Lipinski definition) is 0. The molecule has 3 aromatic heterocycles. The van der Waals surface area contributed by atoms with Crippen LogP contribution in [0.3, 0.4) is 0 Å². The minimum absolute atomic E-state index is 0.198. The first-order chi connectivity index (χ1) is 15.6. The van der Waals surface area contributed by atoms with Gasteiger partial charge in [0.15, 0.2) is 0 Å². The van der Waals surface area contributed by atoms with Crippen molar-refractivity contribution in [3.05, 3.63) is 70.9 Å². The lowest BCUT2D eigenvalue weighted by Gasteiger charge is -2.27. The van der Waals surface area contributed by atoms with Crippen LogP contribution in [0.4, 0.5) is 0 Å². The van der Waals surface area contributed by atoms with Gasteiger partial charge in [-0.2, -0.15) is 10.4 Å². The lowest BCUT2D eigenvalue weighted by Crippen LogP contribution is -2.19. The topological polar surface area (TPSA) is 85.9 Å². The number of benzene rings is 1. The van der Waals surface area contributed by atoms with Crippen molar-refractivity contribution in [1.29, 1.82) is 5.26 Å². The van der Waals surface area contributed by atoms with E-state index in [1.807, 2.05) is 42.9 Å².